The lowest BCUT2D eigenvalue weighted by atomic mass is 10.2. The van der Waals surface area contributed by atoms with E-state index in [4.69, 9.17) is 5.73 Å². The fourth-order valence-corrected chi connectivity index (χ4v) is 2.22. The summed E-state index contributed by atoms with van der Waals surface area (Å²) in [6.45, 7) is 0.449. The number of H-pyrrole nitrogens is 1. The predicted molar refractivity (Wildman–Crippen MR) is 65.0 cm³/mol. The van der Waals surface area contributed by atoms with Crippen LogP contribution in [0.5, 0.6) is 0 Å². The zero-order valence-corrected chi connectivity index (χ0v) is 10.3. The van der Waals surface area contributed by atoms with Crippen LogP contribution >= 0.6 is 0 Å². The van der Waals surface area contributed by atoms with E-state index in [-0.39, 0.29) is 38.0 Å². The Kier molecular flexibility index (Phi) is 4.10. The molecule has 2 heterocycles. The molecule has 1 saturated heterocycles. The molecule has 2 amide bonds. The normalized spacial score (nSPS) is 23.4. The summed E-state index contributed by atoms with van der Waals surface area (Å²) >= 11 is 0. The molecule has 4 N–H and O–H groups in total. The molecule has 0 spiro atoms. The molecule has 1 aliphatic heterocycles. The second-order valence-corrected chi connectivity index (χ2v) is 4.56. The molecule has 1 aliphatic rings. The summed E-state index contributed by atoms with van der Waals surface area (Å²) in [4.78, 5) is 24.2. The van der Waals surface area contributed by atoms with Gasteiger partial charge in [-0.2, -0.15) is 5.10 Å². The summed E-state index contributed by atoms with van der Waals surface area (Å²) in [6, 6.07) is 1.33. The van der Waals surface area contributed by atoms with Gasteiger partial charge in [-0.3, -0.25) is 19.6 Å². The van der Waals surface area contributed by atoms with Crippen LogP contribution in [-0.4, -0.2) is 58.8 Å². The van der Waals surface area contributed by atoms with Crippen molar-refractivity contribution in [2.45, 2.75) is 18.6 Å². The van der Waals surface area contributed by atoms with Crippen molar-refractivity contribution in [3.63, 3.8) is 0 Å². The van der Waals surface area contributed by atoms with Crippen LogP contribution in [0.1, 0.15) is 16.9 Å². The number of hydrogen-bond acceptors (Lipinski definition) is 4. The van der Waals surface area contributed by atoms with Gasteiger partial charge in [0.15, 0.2) is 0 Å². The Morgan fingerprint density at radius 1 is 1.63 bits per heavy atom. The summed E-state index contributed by atoms with van der Waals surface area (Å²) in [5, 5.41) is 8.89. The highest BCUT2D eigenvalue weighted by molar-refractivity contribution is 5.92. The van der Waals surface area contributed by atoms with Gasteiger partial charge in [-0.05, 0) is 12.5 Å². The van der Waals surface area contributed by atoms with E-state index in [1.807, 2.05) is 0 Å². The van der Waals surface area contributed by atoms with Gasteiger partial charge in [0, 0.05) is 25.3 Å². The molecule has 0 aromatic carbocycles. The molecule has 0 radical (unpaired) electrons. The summed E-state index contributed by atoms with van der Waals surface area (Å²) in [6.07, 6.45) is 0.770. The first kappa shape index (κ1) is 13.5. The van der Waals surface area contributed by atoms with Crippen molar-refractivity contribution in [3.05, 3.63) is 18.0 Å². The Balaban J connectivity index is 1.87. The summed E-state index contributed by atoms with van der Waals surface area (Å²) in [5.41, 5.74) is 5.45. The highest BCUT2D eigenvalue weighted by Crippen LogP contribution is 2.19. The van der Waals surface area contributed by atoms with Crippen molar-refractivity contribution in [2.75, 3.05) is 19.6 Å². The molecule has 0 aliphatic carbocycles. The summed E-state index contributed by atoms with van der Waals surface area (Å²) < 4.78 is 13.3. The molecule has 1 fully saturated rings. The number of halogens is 1. The van der Waals surface area contributed by atoms with E-state index < -0.39 is 12.1 Å². The van der Waals surface area contributed by atoms with Crippen molar-refractivity contribution in [1.29, 1.82) is 0 Å². The average molecular weight is 269 g/mol. The maximum Gasteiger partial charge on any atom is 0.269 e. The van der Waals surface area contributed by atoms with Gasteiger partial charge >= 0.3 is 0 Å². The Morgan fingerprint density at radius 2 is 2.42 bits per heavy atom. The molecule has 0 saturated carbocycles. The molecule has 2 atom stereocenters. The highest BCUT2D eigenvalue weighted by Gasteiger charge is 2.32. The monoisotopic (exact) mass is 269 g/mol. The predicted octanol–water partition coefficient (Wildman–Crippen LogP) is -0.963. The second-order valence-electron chi connectivity index (χ2n) is 4.56. The van der Waals surface area contributed by atoms with Crippen LogP contribution in [0.25, 0.3) is 0 Å². The smallest absolute Gasteiger partial charge is 0.269 e. The number of amides is 2. The lowest BCUT2D eigenvalue weighted by Crippen LogP contribution is -2.43. The molecule has 104 valence electrons. The zero-order valence-electron chi connectivity index (χ0n) is 10.3. The number of aromatic amines is 1. The molecule has 0 unspecified atom stereocenters. The van der Waals surface area contributed by atoms with E-state index in [1.54, 1.807) is 11.0 Å². The van der Waals surface area contributed by atoms with Gasteiger partial charge in [0.2, 0.25) is 5.91 Å². The quantitative estimate of drug-likeness (QED) is 0.640. The molecular weight excluding hydrogens is 253 g/mol. The van der Waals surface area contributed by atoms with Crippen LogP contribution in [0.4, 0.5) is 4.39 Å². The van der Waals surface area contributed by atoms with E-state index in [9.17, 15) is 14.0 Å². The Bertz CT molecular complexity index is 450. The SMILES string of the molecule is NC(=O)CN1C[C@@H](F)C[C@H]1CNC(=O)c1ccn[nH]1. The van der Waals surface area contributed by atoms with E-state index in [0.717, 1.165) is 0 Å². The zero-order chi connectivity index (χ0) is 13.8. The van der Waals surface area contributed by atoms with Gasteiger partial charge in [0.1, 0.15) is 11.9 Å². The molecular formula is C11H16FN5O2. The number of nitrogens with two attached hydrogens (primary N) is 1. The van der Waals surface area contributed by atoms with Crippen LogP contribution < -0.4 is 11.1 Å². The molecule has 8 heteroatoms. The van der Waals surface area contributed by atoms with Crippen LogP contribution in [0.3, 0.4) is 0 Å². The first-order valence-electron chi connectivity index (χ1n) is 6.00. The Labute approximate surface area is 109 Å². The molecule has 19 heavy (non-hydrogen) atoms. The highest BCUT2D eigenvalue weighted by atomic mass is 19.1. The van der Waals surface area contributed by atoms with E-state index in [0.29, 0.717) is 5.69 Å². The Hall–Kier alpha value is -1.96. The minimum absolute atomic E-state index is 0.00497. The van der Waals surface area contributed by atoms with E-state index in [1.165, 1.54) is 6.20 Å². The van der Waals surface area contributed by atoms with E-state index >= 15 is 0 Å². The third kappa shape index (κ3) is 3.50. The number of likely N-dealkylation sites (tertiary alicyclic amines) is 1. The molecule has 2 rings (SSSR count). The van der Waals surface area contributed by atoms with Gasteiger partial charge in [-0.25, -0.2) is 4.39 Å². The summed E-state index contributed by atoms with van der Waals surface area (Å²) in [5.74, 6) is -0.808. The minimum Gasteiger partial charge on any atom is -0.369 e. The molecule has 0 bridgehead atoms. The lowest BCUT2D eigenvalue weighted by molar-refractivity contribution is -0.119. The van der Waals surface area contributed by atoms with Crippen molar-refractivity contribution in [1.82, 2.24) is 20.4 Å². The van der Waals surface area contributed by atoms with Gasteiger partial charge < -0.3 is 11.1 Å². The number of nitrogens with zero attached hydrogens (tertiary/aromatic N) is 2. The van der Waals surface area contributed by atoms with Crippen LogP contribution in [0.15, 0.2) is 12.3 Å². The number of carbonyl (C=O) groups is 2. The minimum atomic E-state index is -0.992. The number of carbonyl (C=O) groups excluding carboxylic acids is 2. The molecule has 7 nitrogen and oxygen atoms in total. The third-order valence-electron chi connectivity index (χ3n) is 3.08. The topological polar surface area (TPSA) is 104 Å². The van der Waals surface area contributed by atoms with Crippen LogP contribution in [0.2, 0.25) is 0 Å². The number of nitrogens with one attached hydrogen (secondary N) is 2. The largest absolute Gasteiger partial charge is 0.369 e. The number of aromatic nitrogens is 2. The van der Waals surface area contributed by atoms with Gasteiger partial charge in [0.25, 0.3) is 5.91 Å². The fourth-order valence-electron chi connectivity index (χ4n) is 2.22. The van der Waals surface area contributed by atoms with Gasteiger partial charge in [-0.15, -0.1) is 0 Å². The number of hydrogen-bond donors (Lipinski definition) is 3. The Morgan fingerprint density at radius 3 is 3.05 bits per heavy atom. The van der Waals surface area contributed by atoms with Crippen molar-refractivity contribution in [2.24, 2.45) is 5.73 Å². The summed E-state index contributed by atoms with van der Waals surface area (Å²) in [7, 11) is 0. The standard InChI is InChI=1S/C11H16FN5O2/c12-7-3-8(17(5-7)6-10(13)18)4-14-11(19)9-1-2-15-16-9/h1-2,7-8H,3-6H2,(H2,13,18)(H,14,19)(H,15,16)/t7-,8-/m0/s1. The van der Waals surface area contributed by atoms with E-state index in [2.05, 4.69) is 15.5 Å². The molecule has 1 aromatic rings. The van der Waals surface area contributed by atoms with Crippen molar-refractivity contribution in [3.8, 4) is 0 Å². The maximum absolute atomic E-state index is 13.3. The first-order chi connectivity index (χ1) is 9.06. The van der Waals surface area contributed by atoms with Crippen LogP contribution in [0, 0.1) is 0 Å². The first-order valence-corrected chi connectivity index (χ1v) is 6.00. The van der Waals surface area contributed by atoms with Crippen molar-refractivity contribution >= 4 is 11.8 Å². The fraction of sp³-hybridized carbons (Fsp3) is 0.545. The third-order valence-corrected chi connectivity index (χ3v) is 3.08. The van der Waals surface area contributed by atoms with Crippen molar-refractivity contribution < 1.29 is 14.0 Å². The number of primary amides is 1. The number of alkyl halides is 1. The van der Waals surface area contributed by atoms with Gasteiger partial charge in [-0.1, -0.05) is 0 Å². The second kappa shape index (κ2) is 5.79. The number of rotatable bonds is 5. The molecule has 1 aromatic heterocycles. The van der Waals surface area contributed by atoms with Gasteiger partial charge in [0.05, 0.1) is 6.54 Å². The average Bonchev–Trinajstić information content (AvgIpc) is 2.95. The maximum atomic E-state index is 13.3. The lowest BCUT2D eigenvalue weighted by Gasteiger charge is -2.22. The van der Waals surface area contributed by atoms with Crippen LogP contribution in [-0.2, 0) is 4.79 Å².